The van der Waals surface area contributed by atoms with Gasteiger partial charge >= 0.3 is 0 Å². The van der Waals surface area contributed by atoms with E-state index in [2.05, 4.69) is 10.0 Å². The minimum Gasteiger partial charge on any atom is -0.326 e. The van der Waals surface area contributed by atoms with Crippen LogP contribution < -0.4 is 14.3 Å². The highest BCUT2D eigenvalue weighted by Crippen LogP contribution is 2.31. The van der Waals surface area contributed by atoms with E-state index in [1.165, 1.54) is 42.5 Å². The second kappa shape index (κ2) is 11.9. The maximum absolute atomic E-state index is 12.7. The molecule has 0 fully saturated rings. The first-order valence-corrected chi connectivity index (χ1v) is 15.3. The molecular formula is C24H24Cl3N3O5S2. The Morgan fingerprint density at radius 2 is 1.51 bits per heavy atom. The number of hydrogen-bond donors (Lipinski definition) is 2. The lowest BCUT2D eigenvalue weighted by Crippen LogP contribution is -2.31. The molecule has 3 rings (SSSR count). The Morgan fingerprint density at radius 3 is 2.16 bits per heavy atom. The van der Waals surface area contributed by atoms with Gasteiger partial charge in [-0.15, -0.1) is 0 Å². The van der Waals surface area contributed by atoms with E-state index in [1.807, 2.05) is 0 Å². The van der Waals surface area contributed by atoms with Crippen molar-refractivity contribution in [3.8, 4) is 0 Å². The number of aryl methyl sites for hydroxylation is 1. The van der Waals surface area contributed by atoms with Crippen LogP contribution in [-0.2, 0) is 24.8 Å². The number of hydrogen-bond acceptors (Lipinski definition) is 5. The number of carbonyl (C=O) groups excluding carboxylic acids is 1. The second-order valence-corrected chi connectivity index (χ2v) is 13.0. The van der Waals surface area contributed by atoms with Crippen LogP contribution in [0.1, 0.15) is 18.4 Å². The van der Waals surface area contributed by atoms with Crippen molar-refractivity contribution in [2.45, 2.75) is 24.7 Å². The van der Waals surface area contributed by atoms with E-state index in [4.69, 9.17) is 34.8 Å². The van der Waals surface area contributed by atoms with Crippen LogP contribution in [-0.4, -0.2) is 35.5 Å². The molecule has 3 aromatic rings. The number of rotatable bonds is 10. The van der Waals surface area contributed by atoms with Crippen LogP contribution in [0.5, 0.6) is 0 Å². The topological polar surface area (TPSA) is 113 Å². The van der Waals surface area contributed by atoms with E-state index in [1.54, 1.807) is 25.1 Å². The summed E-state index contributed by atoms with van der Waals surface area (Å²) in [5.41, 5.74) is 1.70. The van der Waals surface area contributed by atoms with Gasteiger partial charge in [-0.2, -0.15) is 0 Å². The average Bonchev–Trinajstić information content (AvgIpc) is 2.80. The van der Waals surface area contributed by atoms with E-state index >= 15 is 0 Å². The maximum atomic E-state index is 12.7. The molecule has 0 spiro atoms. The standard InChI is InChI=1S/C24H24Cl3N3O5S2/c1-16-5-6-17(25)14-22(16)29-37(34,35)20-10-8-19(9-11-20)28-24(31)4-3-13-30(36(2,32)33)23-15-18(26)7-12-21(23)27/h5-12,14-15,29H,3-4,13H2,1-2H3,(H,28,31). The molecule has 0 aliphatic carbocycles. The zero-order chi connectivity index (χ0) is 27.4. The molecule has 2 N–H and O–H groups in total. The number of benzene rings is 3. The Hall–Kier alpha value is -2.50. The molecule has 0 atom stereocenters. The predicted molar refractivity (Wildman–Crippen MR) is 150 cm³/mol. The number of nitrogens with one attached hydrogen (secondary N) is 2. The Morgan fingerprint density at radius 1 is 0.892 bits per heavy atom. The molecule has 0 aliphatic heterocycles. The zero-order valence-electron chi connectivity index (χ0n) is 19.8. The van der Waals surface area contributed by atoms with Crippen molar-refractivity contribution < 1.29 is 21.6 Å². The summed E-state index contributed by atoms with van der Waals surface area (Å²) in [6.45, 7) is 1.77. The summed E-state index contributed by atoms with van der Waals surface area (Å²) in [6.07, 6.45) is 1.26. The summed E-state index contributed by atoms with van der Waals surface area (Å²) in [6, 6.07) is 15.0. The monoisotopic (exact) mass is 603 g/mol. The maximum Gasteiger partial charge on any atom is 0.261 e. The van der Waals surface area contributed by atoms with Crippen molar-refractivity contribution in [1.29, 1.82) is 0 Å². The van der Waals surface area contributed by atoms with Crippen LogP contribution in [0.3, 0.4) is 0 Å². The molecule has 13 heteroatoms. The second-order valence-electron chi connectivity index (χ2n) is 8.17. The summed E-state index contributed by atoms with van der Waals surface area (Å²) in [5.74, 6) is -0.367. The van der Waals surface area contributed by atoms with E-state index in [0.717, 1.165) is 10.6 Å². The molecule has 1 amide bonds. The van der Waals surface area contributed by atoms with Crippen LogP contribution in [0.2, 0.25) is 15.1 Å². The van der Waals surface area contributed by atoms with Gasteiger partial charge in [-0.3, -0.25) is 13.8 Å². The Bertz CT molecular complexity index is 1510. The average molecular weight is 605 g/mol. The molecule has 0 aliphatic rings. The smallest absolute Gasteiger partial charge is 0.261 e. The molecule has 8 nitrogen and oxygen atoms in total. The van der Waals surface area contributed by atoms with E-state index in [-0.39, 0.29) is 40.9 Å². The van der Waals surface area contributed by atoms with Crippen LogP contribution in [0.4, 0.5) is 17.1 Å². The summed E-state index contributed by atoms with van der Waals surface area (Å²) in [7, 11) is -7.54. The number of carbonyl (C=O) groups is 1. The van der Waals surface area contributed by atoms with Gasteiger partial charge in [0.15, 0.2) is 0 Å². The number of nitrogens with zero attached hydrogens (tertiary/aromatic N) is 1. The van der Waals surface area contributed by atoms with Crippen LogP contribution in [0.25, 0.3) is 0 Å². The van der Waals surface area contributed by atoms with Gasteiger partial charge in [0.1, 0.15) is 0 Å². The van der Waals surface area contributed by atoms with E-state index in [0.29, 0.717) is 27.0 Å². The van der Waals surface area contributed by atoms with Gasteiger partial charge in [-0.1, -0.05) is 40.9 Å². The van der Waals surface area contributed by atoms with Crippen molar-refractivity contribution in [1.82, 2.24) is 0 Å². The fourth-order valence-electron chi connectivity index (χ4n) is 3.37. The number of anilines is 3. The van der Waals surface area contributed by atoms with Crippen molar-refractivity contribution >= 4 is 77.8 Å². The van der Waals surface area contributed by atoms with Crippen LogP contribution in [0, 0.1) is 6.92 Å². The summed E-state index contributed by atoms with van der Waals surface area (Å²) in [5, 5.41) is 3.62. The van der Waals surface area contributed by atoms with Gasteiger partial charge in [-0.05, 0) is 73.5 Å². The first-order valence-electron chi connectivity index (χ1n) is 10.9. The van der Waals surface area contributed by atoms with Gasteiger partial charge < -0.3 is 5.32 Å². The molecule has 198 valence electrons. The lowest BCUT2D eigenvalue weighted by atomic mass is 10.2. The van der Waals surface area contributed by atoms with Crippen molar-refractivity contribution in [2.75, 3.05) is 27.1 Å². The molecule has 0 aromatic heterocycles. The number of halogens is 3. The lowest BCUT2D eigenvalue weighted by molar-refractivity contribution is -0.116. The van der Waals surface area contributed by atoms with Gasteiger partial charge in [0, 0.05) is 28.7 Å². The van der Waals surface area contributed by atoms with E-state index < -0.39 is 20.0 Å². The summed E-state index contributed by atoms with van der Waals surface area (Å²) in [4.78, 5) is 12.4. The highest BCUT2D eigenvalue weighted by atomic mass is 35.5. The molecule has 37 heavy (non-hydrogen) atoms. The Kier molecular flexibility index (Phi) is 9.36. The minimum absolute atomic E-state index is 0.00655. The number of amides is 1. The molecule has 0 radical (unpaired) electrons. The largest absolute Gasteiger partial charge is 0.326 e. The zero-order valence-corrected chi connectivity index (χ0v) is 23.7. The van der Waals surface area contributed by atoms with Gasteiger partial charge in [0.2, 0.25) is 15.9 Å². The number of sulfonamides is 2. The molecule has 0 heterocycles. The highest BCUT2D eigenvalue weighted by Gasteiger charge is 2.21. The first-order chi connectivity index (χ1) is 17.3. The van der Waals surface area contributed by atoms with Gasteiger partial charge in [0.25, 0.3) is 10.0 Å². The quantitative estimate of drug-likeness (QED) is 0.297. The molecule has 0 saturated heterocycles. The third-order valence-electron chi connectivity index (χ3n) is 5.23. The lowest BCUT2D eigenvalue weighted by Gasteiger charge is -2.23. The normalized spacial score (nSPS) is 11.7. The third kappa shape index (κ3) is 7.99. The summed E-state index contributed by atoms with van der Waals surface area (Å²) >= 11 is 18.1. The molecule has 0 unspecified atom stereocenters. The minimum atomic E-state index is -3.87. The molecule has 0 saturated carbocycles. The fraction of sp³-hybridized carbons (Fsp3) is 0.208. The highest BCUT2D eigenvalue weighted by molar-refractivity contribution is 7.92. The van der Waals surface area contributed by atoms with Crippen LogP contribution >= 0.6 is 34.8 Å². The first kappa shape index (κ1) is 29.1. The summed E-state index contributed by atoms with van der Waals surface area (Å²) < 4.78 is 53.6. The van der Waals surface area contributed by atoms with Crippen LogP contribution in [0.15, 0.2) is 65.6 Å². The van der Waals surface area contributed by atoms with Crippen molar-refractivity contribution in [3.63, 3.8) is 0 Å². The van der Waals surface area contributed by atoms with Gasteiger partial charge in [0.05, 0.1) is 27.5 Å². The predicted octanol–water partition coefficient (Wildman–Crippen LogP) is 5.94. The Labute approximate surface area is 231 Å². The molecule has 0 bridgehead atoms. The molecule has 3 aromatic carbocycles. The van der Waals surface area contributed by atoms with E-state index in [9.17, 15) is 21.6 Å². The third-order valence-corrected chi connectivity index (χ3v) is 8.59. The SMILES string of the molecule is Cc1ccc(Cl)cc1NS(=O)(=O)c1ccc(NC(=O)CCCN(c2cc(Cl)ccc2Cl)S(C)(=O)=O)cc1. The van der Waals surface area contributed by atoms with Crippen molar-refractivity contribution in [2.24, 2.45) is 0 Å². The van der Waals surface area contributed by atoms with Crippen molar-refractivity contribution in [3.05, 3.63) is 81.3 Å². The molecular weight excluding hydrogens is 581 g/mol. The Balaban J connectivity index is 1.61. The fourth-order valence-corrected chi connectivity index (χ4v) is 6.07. The van der Waals surface area contributed by atoms with Gasteiger partial charge in [-0.25, -0.2) is 16.8 Å².